The molecule has 0 unspecified atom stereocenters. The maximum atomic E-state index is 13.0. The molecule has 1 N–H and O–H groups in total. The van der Waals surface area contributed by atoms with Crippen LogP contribution in [-0.4, -0.2) is 29.9 Å². The quantitative estimate of drug-likeness (QED) is 0.725. The van der Waals surface area contributed by atoms with E-state index in [-0.39, 0.29) is 17.9 Å². The van der Waals surface area contributed by atoms with Gasteiger partial charge in [0.05, 0.1) is 0 Å². The van der Waals surface area contributed by atoms with E-state index in [1.807, 2.05) is 58.3 Å². The van der Waals surface area contributed by atoms with Gasteiger partial charge in [0.15, 0.2) is 0 Å². The van der Waals surface area contributed by atoms with Crippen molar-refractivity contribution in [2.24, 2.45) is 5.92 Å². The van der Waals surface area contributed by atoms with Gasteiger partial charge < -0.3 is 10.2 Å². The minimum atomic E-state index is 0.00828. The number of hydrogen-bond donors (Lipinski definition) is 1. The van der Waals surface area contributed by atoms with Gasteiger partial charge in [-0.1, -0.05) is 36.6 Å². The summed E-state index contributed by atoms with van der Waals surface area (Å²) < 4.78 is 0. The van der Waals surface area contributed by atoms with Gasteiger partial charge in [0.1, 0.15) is 0 Å². The monoisotopic (exact) mass is 411 g/mol. The van der Waals surface area contributed by atoms with Gasteiger partial charge in [0, 0.05) is 41.9 Å². The van der Waals surface area contributed by atoms with E-state index >= 15 is 0 Å². The van der Waals surface area contributed by atoms with Gasteiger partial charge in [0.25, 0.3) is 0 Å². The zero-order valence-electron chi connectivity index (χ0n) is 16.4. The molecule has 0 radical (unpaired) electrons. The van der Waals surface area contributed by atoms with Crippen LogP contribution in [0.25, 0.3) is 0 Å². The fourth-order valence-corrected chi connectivity index (χ4v) is 4.26. The molecule has 0 spiro atoms. The van der Waals surface area contributed by atoms with Crippen LogP contribution in [0.15, 0.2) is 48.5 Å². The molecule has 1 heterocycles. The molecular formula is C23H26ClN3O2. The number of carbonyl (C=O) groups excluding carboxylic acids is 2. The summed E-state index contributed by atoms with van der Waals surface area (Å²) in [6.07, 6.45) is 5.16. The molecule has 3 amide bonds. The van der Waals surface area contributed by atoms with E-state index in [0.29, 0.717) is 18.1 Å². The van der Waals surface area contributed by atoms with Crippen LogP contribution in [0.2, 0.25) is 5.02 Å². The summed E-state index contributed by atoms with van der Waals surface area (Å²) in [6.45, 7) is 2.01. The summed E-state index contributed by atoms with van der Waals surface area (Å²) >= 11 is 5.95. The second-order valence-corrected chi connectivity index (χ2v) is 8.29. The molecule has 0 aromatic heterocycles. The lowest BCUT2D eigenvalue weighted by molar-refractivity contribution is -0.119. The minimum absolute atomic E-state index is 0.00828. The molecule has 6 heteroatoms. The van der Waals surface area contributed by atoms with E-state index < -0.39 is 0 Å². The van der Waals surface area contributed by atoms with Crippen LogP contribution in [0.3, 0.4) is 0 Å². The summed E-state index contributed by atoms with van der Waals surface area (Å²) in [5, 5.41) is 3.70. The van der Waals surface area contributed by atoms with Gasteiger partial charge >= 0.3 is 6.03 Å². The Hall–Kier alpha value is -2.53. The Kier molecular flexibility index (Phi) is 6.05. The number of nitrogens with one attached hydrogen (secondary N) is 1. The minimum Gasteiger partial charge on any atom is -0.326 e. The van der Waals surface area contributed by atoms with E-state index in [4.69, 9.17) is 11.6 Å². The highest BCUT2D eigenvalue weighted by Gasteiger charge is 2.27. The average Bonchev–Trinajstić information content (AvgIpc) is 3.27. The van der Waals surface area contributed by atoms with Crippen molar-refractivity contribution in [3.05, 3.63) is 59.1 Å². The average molecular weight is 412 g/mol. The summed E-state index contributed by atoms with van der Waals surface area (Å²) in [5.74, 6) is 0.248. The number of hydrogen-bond acceptors (Lipinski definition) is 2. The first-order valence-corrected chi connectivity index (χ1v) is 10.7. The Balaban J connectivity index is 1.39. The van der Waals surface area contributed by atoms with Crippen molar-refractivity contribution in [1.82, 2.24) is 4.90 Å². The van der Waals surface area contributed by atoms with Crippen molar-refractivity contribution in [1.29, 1.82) is 0 Å². The van der Waals surface area contributed by atoms with Crippen LogP contribution in [0.4, 0.5) is 16.2 Å². The summed E-state index contributed by atoms with van der Waals surface area (Å²) in [4.78, 5) is 29.0. The molecule has 1 saturated carbocycles. The number of benzene rings is 2. The highest BCUT2D eigenvalue weighted by Crippen LogP contribution is 2.27. The van der Waals surface area contributed by atoms with E-state index in [1.54, 1.807) is 0 Å². The number of amides is 3. The van der Waals surface area contributed by atoms with E-state index in [1.165, 1.54) is 0 Å². The van der Waals surface area contributed by atoms with Crippen LogP contribution in [0.1, 0.15) is 37.7 Å². The van der Waals surface area contributed by atoms with Crippen LogP contribution in [-0.2, 0) is 11.3 Å². The standard InChI is InChI=1S/C23H26ClN3O2/c24-19-8-6-17(7-9-19)16-26-14-3-15-27(23(26)29)21-12-10-20(11-13-21)25-22(28)18-4-1-2-5-18/h6-13,18H,1-5,14-16H2,(H,25,28). The van der Waals surface area contributed by atoms with Gasteiger partial charge in [-0.15, -0.1) is 0 Å². The second-order valence-electron chi connectivity index (χ2n) is 7.85. The Morgan fingerprint density at radius 3 is 2.34 bits per heavy atom. The highest BCUT2D eigenvalue weighted by molar-refractivity contribution is 6.30. The first kappa shape index (κ1) is 19.8. The van der Waals surface area contributed by atoms with E-state index in [0.717, 1.165) is 55.6 Å². The number of halogens is 1. The molecular weight excluding hydrogens is 386 g/mol. The first-order valence-electron chi connectivity index (χ1n) is 10.3. The molecule has 0 atom stereocenters. The zero-order chi connectivity index (χ0) is 20.2. The molecule has 0 bridgehead atoms. The van der Waals surface area contributed by atoms with Gasteiger partial charge in [-0.05, 0) is 61.2 Å². The maximum Gasteiger partial charge on any atom is 0.324 e. The molecule has 1 aliphatic carbocycles. The van der Waals surface area contributed by atoms with Crippen LogP contribution in [0.5, 0.6) is 0 Å². The largest absolute Gasteiger partial charge is 0.326 e. The molecule has 1 aliphatic heterocycles. The Bertz CT molecular complexity index is 861. The number of urea groups is 1. The van der Waals surface area contributed by atoms with Gasteiger partial charge in [0.2, 0.25) is 5.91 Å². The second kappa shape index (κ2) is 8.87. The Morgan fingerprint density at radius 2 is 1.66 bits per heavy atom. The van der Waals surface area contributed by atoms with E-state index in [9.17, 15) is 9.59 Å². The summed E-state index contributed by atoms with van der Waals surface area (Å²) in [5.41, 5.74) is 2.71. The molecule has 2 aliphatic rings. The number of nitrogens with zero attached hydrogens (tertiary/aromatic N) is 2. The van der Waals surface area contributed by atoms with Crippen molar-refractivity contribution in [3.8, 4) is 0 Å². The molecule has 5 nitrogen and oxygen atoms in total. The molecule has 2 fully saturated rings. The lowest BCUT2D eigenvalue weighted by atomic mass is 10.1. The van der Waals surface area contributed by atoms with Crippen LogP contribution < -0.4 is 10.2 Å². The molecule has 4 rings (SSSR count). The number of carbonyl (C=O) groups is 2. The first-order chi connectivity index (χ1) is 14.1. The Morgan fingerprint density at radius 1 is 0.966 bits per heavy atom. The smallest absolute Gasteiger partial charge is 0.324 e. The third kappa shape index (κ3) is 4.73. The Labute approximate surface area is 176 Å². The van der Waals surface area contributed by atoms with Crippen molar-refractivity contribution in [2.75, 3.05) is 23.3 Å². The van der Waals surface area contributed by atoms with Crippen LogP contribution in [0, 0.1) is 5.92 Å². The van der Waals surface area contributed by atoms with Crippen molar-refractivity contribution in [2.45, 2.75) is 38.6 Å². The molecule has 152 valence electrons. The predicted octanol–water partition coefficient (Wildman–Crippen LogP) is 5.30. The molecule has 2 aromatic carbocycles. The molecule has 2 aromatic rings. The third-order valence-corrected chi connectivity index (χ3v) is 6.02. The van der Waals surface area contributed by atoms with Crippen molar-refractivity contribution >= 4 is 34.9 Å². The SMILES string of the molecule is O=C(Nc1ccc(N2CCCN(Cc3ccc(Cl)cc3)C2=O)cc1)C1CCCC1. The van der Waals surface area contributed by atoms with Crippen LogP contribution >= 0.6 is 11.6 Å². The van der Waals surface area contributed by atoms with Gasteiger partial charge in [-0.2, -0.15) is 0 Å². The molecule has 29 heavy (non-hydrogen) atoms. The summed E-state index contributed by atoms with van der Waals surface area (Å²) in [7, 11) is 0. The third-order valence-electron chi connectivity index (χ3n) is 5.77. The highest BCUT2D eigenvalue weighted by atomic mass is 35.5. The normalized spacial score (nSPS) is 17.6. The maximum absolute atomic E-state index is 13.0. The van der Waals surface area contributed by atoms with Crippen molar-refractivity contribution < 1.29 is 9.59 Å². The molecule has 1 saturated heterocycles. The van der Waals surface area contributed by atoms with Gasteiger partial charge in [-0.25, -0.2) is 4.79 Å². The fraction of sp³-hybridized carbons (Fsp3) is 0.391. The fourth-order valence-electron chi connectivity index (χ4n) is 4.14. The number of anilines is 2. The zero-order valence-corrected chi connectivity index (χ0v) is 17.2. The summed E-state index contributed by atoms with van der Waals surface area (Å²) in [6, 6.07) is 15.2. The topological polar surface area (TPSA) is 52.7 Å². The number of rotatable bonds is 5. The van der Waals surface area contributed by atoms with Gasteiger partial charge in [-0.3, -0.25) is 9.69 Å². The predicted molar refractivity (Wildman–Crippen MR) is 116 cm³/mol. The van der Waals surface area contributed by atoms with E-state index in [2.05, 4.69) is 5.32 Å². The lowest BCUT2D eigenvalue weighted by Gasteiger charge is -2.35. The van der Waals surface area contributed by atoms with Crippen molar-refractivity contribution in [3.63, 3.8) is 0 Å². The lowest BCUT2D eigenvalue weighted by Crippen LogP contribution is -2.49.